The molecule has 6 heterocycles. The smallest absolute Gasteiger partial charge is 0.446 e. The average molecular weight is 1850 g/mol. The number of ether oxygens (including phenoxy) is 6. The predicted octanol–water partition coefficient (Wildman–Crippen LogP) is 16.8. The summed E-state index contributed by atoms with van der Waals surface area (Å²) in [7, 11) is 0. The van der Waals surface area contributed by atoms with E-state index in [1.165, 1.54) is 74.8 Å². The van der Waals surface area contributed by atoms with Crippen molar-refractivity contribution < 1.29 is 76.3 Å². The van der Waals surface area contributed by atoms with Gasteiger partial charge in [0.15, 0.2) is 0 Å². The number of nitrogens with zero attached hydrogens (tertiary/aromatic N) is 4. The van der Waals surface area contributed by atoms with Crippen LogP contribution in [0.1, 0.15) is 269 Å². The Morgan fingerprint density at radius 1 is 0.446 bits per heavy atom. The van der Waals surface area contributed by atoms with Crippen molar-refractivity contribution in [3.05, 3.63) is 138 Å². The van der Waals surface area contributed by atoms with Crippen LogP contribution in [0.2, 0.25) is 0 Å². The second kappa shape index (κ2) is 41.6. The van der Waals surface area contributed by atoms with E-state index in [1.54, 1.807) is 18.8 Å². The highest BCUT2D eigenvalue weighted by Gasteiger charge is 2.71. The van der Waals surface area contributed by atoms with Crippen LogP contribution in [0.4, 0.5) is 20.1 Å². The Bertz CT molecular complexity index is 4430. The minimum absolute atomic E-state index is 0.0245. The minimum Gasteiger partial charge on any atom is -0.446 e. The number of non-ortho nitro benzene ring substituents is 1. The standard InChI is InChI=1S/2C31H46N2O6.C31H37NO8.C7H16N2.CH2Cl2/c2*1-29-10-7-23(39-28(35)32-13-14-33-15-17-37-18-16-33)19-22(29)4-5-26-25(29)8-11-30(2)24(9-12-31(26,30)36)21-3-6-27(34)38-20-21;1-29-14-11-23(40-28(34)39-22-7-5-21(6-8-22)32(36)37)17-20(29)4-9-26-25(29)12-15-30(2)24(13-16-31(26,30)35)19-3-10-27(33)38-18-19;8-4-7-9-5-2-1-3-6-9;2-1-3/h2*3,6,20,22-26,36H,4-5,7-19H2,1-2H3,(H,32,35);3,5-8,10,18,20,23-26,35H,4,9,11-17H2,1-2H3;1-8H2;1H2/t2*22-,23+,24-,25+,26-,29+,30-,31+;20-,23+,24-,25+,26-,29+,30-,31+;;/m111../s1. The number of carbonyl (C=O) groups excluding carboxylic acids is 3. The van der Waals surface area contributed by atoms with Crippen molar-refractivity contribution in [3.63, 3.8) is 0 Å². The molecule has 3 aliphatic heterocycles. The first kappa shape index (κ1) is 98.0. The SMILES string of the molecule is C[C@]12CC[C@H](OC(=O)NCCN3CCOCC3)C[C@H]1CC[C@@H]1[C@@H]2CC[C@]2(C)[C@@H](c3ccc(=O)oc3)CC[C@]12O.C[C@]12CC[C@H](OC(=O)NCCN3CCOCC3)C[C@H]1CC[C@@H]1[C@@H]2CC[C@]2(C)[C@@H](c3ccc(=O)oc3)CC[C@]12O.C[C@]12CC[C@H](OC(=O)Oc3ccc([N+](=O)[O-])cc3)C[C@H]1CC[C@@H]1[C@@H]2CC[C@]2(C)[C@@H](c3ccc(=O)oc3)CC[C@]12O.ClCCl.NCCN1CCCCC1. The number of nitrogens with two attached hydrogens (primary N) is 1. The third-order valence-electron chi connectivity index (χ3n) is 37.3. The molecular weight excluding hydrogens is 1700 g/mol. The van der Waals surface area contributed by atoms with E-state index in [1.807, 2.05) is 18.2 Å². The largest absolute Gasteiger partial charge is 0.514 e. The Morgan fingerprint density at radius 3 is 1.12 bits per heavy atom. The number of nitro benzene ring substituents is 1. The lowest BCUT2D eigenvalue weighted by Crippen LogP contribution is -2.62. The summed E-state index contributed by atoms with van der Waals surface area (Å²) in [6.07, 6.45) is 33.0. The number of alkyl halides is 2. The average Bonchev–Trinajstić information content (AvgIpc) is 1.48. The summed E-state index contributed by atoms with van der Waals surface area (Å²) in [5.74, 6) is 4.43. The number of likely N-dealkylation sites (tertiary alicyclic amines) is 1. The number of alkyl carbamates (subject to hydrolysis) is 2. The number of carbonyl (C=O) groups is 3. The molecule has 2 amide bonds. The van der Waals surface area contributed by atoms with Gasteiger partial charge in [-0.25, -0.2) is 28.8 Å². The van der Waals surface area contributed by atoms with E-state index in [4.69, 9.17) is 70.6 Å². The van der Waals surface area contributed by atoms with Crippen molar-refractivity contribution in [1.82, 2.24) is 25.3 Å². The van der Waals surface area contributed by atoms with E-state index in [-0.39, 0.29) is 120 Å². The number of hydrogen-bond donors (Lipinski definition) is 6. The number of nitro groups is 1. The van der Waals surface area contributed by atoms with E-state index in [9.17, 15) is 54.2 Å². The van der Waals surface area contributed by atoms with Crippen LogP contribution in [0.5, 0.6) is 5.75 Å². The zero-order chi connectivity index (χ0) is 92.0. The van der Waals surface area contributed by atoms with Crippen LogP contribution >= 0.6 is 23.2 Å². The van der Waals surface area contributed by atoms with Crippen molar-refractivity contribution in [2.75, 3.05) is 110 Å². The normalized spacial score (nSPS) is 38.8. The number of aliphatic hydroxyl groups is 3. The maximum atomic E-state index is 12.6. The highest BCUT2D eigenvalue weighted by Crippen LogP contribution is 2.75. The number of nitrogens with one attached hydrogen (secondary N) is 2. The van der Waals surface area contributed by atoms with E-state index in [0.29, 0.717) is 60.4 Å². The molecule has 7 N–H and O–H groups in total. The van der Waals surface area contributed by atoms with Crippen molar-refractivity contribution >= 4 is 47.2 Å². The fourth-order valence-electron chi connectivity index (χ4n) is 30.1. The van der Waals surface area contributed by atoms with Gasteiger partial charge in [-0.2, -0.15) is 0 Å². The van der Waals surface area contributed by atoms with Crippen molar-refractivity contribution in [1.29, 1.82) is 0 Å². The molecule has 0 spiro atoms. The van der Waals surface area contributed by atoms with Gasteiger partial charge >= 0.3 is 35.2 Å². The number of hydrogen-bond acceptors (Lipinski definition) is 24. The second-order valence-corrected chi connectivity index (χ2v) is 43.6. The Balaban J connectivity index is 0.000000140. The van der Waals surface area contributed by atoms with Crippen molar-refractivity contribution in [2.45, 2.75) is 287 Å². The number of piperidine rings is 1. The van der Waals surface area contributed by atoms with Gasteiger partial charge in [-0.05, 0) is 334 Å². The van der Waals surface area contributed by atoms with Gasteiger partial charge in [0.25, 0.3) is 5.69 Å². The Labute approximate surface area is 776 Å². The van der Waals surface area contributed by atoms with E-state index in [2.05, 4.69) is 66.9 Å². The van der Waals surface area contributed by atoms with Gasteiger partial charge in [0.2, 0.25) is 0 Å². The Hall–Kier alpha value is -6.50. The van der Waals surface area contributed by atoms with Crippen LogP contribution in [0, 0.1) is 95.9 Å². The lowest BCUT2D eigenvalue weighted by Gasteiger charge is -2.63. The number of amides is 2. The lowest BCUT2D eigenvalue weighted by atomic mass is 9.43. The molecule has 19 rings (SSSR count). The zero-order valence-corrected chi connectivity index (χ0v) is 79.3. The van der Waals surface area contributed by atoms with Gasteiger partial charge in [-0.1, -0.05) is 48.0 Å². The molecule has 130 heavy (non-hydrogen) atoms. The number of halogens is 2. The molecule has 0 bridgehead atoms. The molecule has 0 unspecified atom stereocenters. The van der Waals surface area contributed by atoms with E-state index < -0.39 is 27.9 Å². The van der Waals surface area contributed by atoms with Gasteiger partial charge < -0.3 is 78.3 Å². The highest BCUT2D eigenvalue weighted by atomic mass is 35.5. The Morgan fingerprint density at radius 2 is 0.792 bits per heavy atom. The molecule has 0 radical (unpaired) electrons. The maximum Gasteiger partial charge on any atom is 0.514 e. The predicted molar refractivity (Wildman–Crippen MR) is 494 cm³/mol. The van der Waals surface area contributed by atoms with Gasteiger partial charge in [-0.15, -0.1) is 23.2 Å². The third kappa shape index (κ3) is 20.1. The molecule has 720 valence electrons. The van der Waals surface area contributed by atoms with Gasteiger partial charge in [0, 0.05) is 112 Å². The quantitative estimate of drug-likeness (QED) is 0.0151. The number of benzene rings is 1. The topological polar surface area (TPSA) is 361 Å². The summed E-state index contributed by atoms with van der Waals surface area (Å²) in [4.78, 5) is 89.7. The summed E-state index contributed by atoms with van der Waals surface area (Å²) in [6, 6.07) is 15.5. The minimum atomic E-state index is -0.785. The maximum absolute atomic E-state index is 12.6. The molecule has 1 aromatic carbocycles. The molecule has 3 saturated heterocycles. The highest BCUT2D eigenvalue weighted by molar-refractivity contribution is 6.40. The van der Waals surface area contributed by atoms with Crippen molar-refractivity contribution in [2.24, 2.45) is 91.5 Å². The van der Waals surface area contributed by atoms with E-state index >= 15 is 0 Å². The van der Waals surface area contributed by atoms with Crippen LogP contribution in [0.25, 0.3) is 0 Å². The van der Waals surface area contributed by atoms with E-state index in [0.717, 1.165) is 269 Å². The first-order valence-electron chi connectivity index (χ1n) is 49.4. The molecule has 15 fully saturated rings. The zero-order valence-electron chi connectivity index (χ0n) is 77.8. The number of morpholine rings is 2. The molecule has 3 aromatic heterocycles. The fourth-order valence-corrected chi connectivity index (χ4v) is 30.1. The third-order valence-corrected chi connectivity index (χ3v) is 37.3. The fraction of sp³-hybridized carbons (Fsp3) is 0.762. The molecule has 27 nitrogen and oxygen atoms in total. The molecule has 12 aliphatic carbocycles. The summed E-state index contributed by atoms with van der Waals surface area (Å²) in [6.45, 7) is 28.1. The molecule has 24 atom stereocenters. The lowest BCUT2D eigenvalue weighted by molar-refractivity contribution is -0.384. The molecule has 12 saturated carbocycles. The van der Waals surface area contributed by atoms with Crippen LogP contribution in [-0.2, 0) is 23.7 Å². The summed E-state index contributed by atoms with van der Waals surface area (Å²) in [5, 5.41) is 54.2. The monoisotopic (exact) mass is 1850 g/mol. The van der Waals surface area contributed by atoms with Crippen LogP contribution in [-0.4, -0.2) is 199 Å². The van der Waals surface area contributed by atoms with Crippen LogP contribution in [0.3, 0.4) is 0 Å². The molecule has 15 aliphatic rings. The number of rotatable bonds is 16. The summed E-state index contributed by atoms with van der Waals surface area (Å²) < 4.78 is 49.2. The summed E-state index contributed by atoms with van der Waals surface area (Å²) >= 11 is 9.53. The molecular formula is C101H147Cl2N7O20. The van der Waals surface area contributed by atoms with Crippen molar-refractivity contribution in [3.8, 4) is 5.75 Å². The Kier molecular flexibility index (Phi) is 31.4. The summed E-state index contributed by atoms with van der Waals surface area (Å²) in [5.41, 5.74) is 5.03. The van der Waals surface area contributed by atoms with Crippen LogP contribution < -0.4 is 38.0 Å². The molecule has 4 aromatic rings. The van der Waals surface area contributed by atoms with Gasteiger partial charge in [0.05, 0.1) is 72.3 Å². The molecule has 29 heteroatoms. The van der Waals surface area contributed by atoms with Gasteiger partial charge in [0.1, 0.15) is 24.1 Å². The van der Waals surface area contributed by atoms with Crippen LogP contribution in [0.15, 0.2) is 107 Å². The first-order chi connectivity index (χ1) is 62.3. The number of fused-ring (bicyclic) bond motifs is 15. The first-order valence-corrected chi connectivity index (χ1v) is 50.5. The van der Waals surface area contributed by atoms with Gasteiger partial charge in [-0.3, -0.25) is 19.9 Å². The second-order valence-electron chi connectivity index (χ2n) is 42.8.